The molecular weight excluding hydrogens is 369 g/mol. The number of carbonyl (C=O) groups excluding carboxylic acids is 1. The number of nitrogens with one attached hydrogen (secondary N) is 1. The van der Waals surface area contributed by atoms with Crippen LogP contribution in [-0.2, 0) is 4.79 Å². The van der Waals surface area contributed by atoms with Crippen molar-refractivity contribution in [2.75, 3.05) is 6.54 Å². The molecule has 1 amide bonds. The molecule has 0 heterocycles. The predicted molar refractivity (Wildman–Crippen MR) is 94.6 cm³/mol. The molecule has 2 aromatic rings. The molecule has 134 valence electrons. The van der Waals surface area contributed by atoms with Gasteiger partial charge in [-0.05, 0) is 43.7 Å². The second-order valence-corrected chi connectivity index (χ2v) is 6.69. The van der Waals surface area contributed by atoms with Crippen LogP contribution in [0.15, 0.2) is 36.4 Å². The van der Waals surface area contributed by atoms with Gasteiger partial charge in [0, 0.05) is 21.7 Å². The molecule has 2 atom stereocenters. The van der Waals surface area contributed by atoms with Crippen molar-refractivity contribution in [1.29, 1.82) is 0 Å². The number of amides is 1. The van der Waals surface area contributed by atoms with Gasteiger partial charge in [0.25, 0.3) is 5.91 Å². The van der Waals surface area contributed by atoms with Crippen LogP contribution in [0.5, 0.6) is 0 Å². The van der Waals surface area contributed by atoms with Crippen molar-refractivity contribution in [1.82, 2.24) is 5.32 Å². The summed E-state index contributed by atoms with van der Waals surface area (Å²) in [5, 5.41) is 5.52. The Kier molecular flexibility index (Phi) is 6.76. The number of hydrogen-bond donors (Lipinski definition) is 2. The van der Waals surface area contributed by atoms with Crippen molar-refractivity contribution in [3.05, 3.63) is 69.2 Å². The highest BCUT2D eigenvalue weighted by atomic mass is 35.5. The van der Waals surface area contributed by atoms with Gasteiger partial charge in [0.05, 0.1) is 6.04 Å². The van der Waals surface area contributed by atoms with Crippen molar-refractivity contribution >= 4 is 29.1 Å². The molecule has 0 bridgehead atoms. The van der Waals surface area contributed by atoms with Gasteiger partial charge in [-0.15, -0.1) is 0 Å². The number of carbonyl (C=O) groups is 1. The third-order valence-corrected chi connectivity index (χ3v) is 4.48. The van der Waals surface area contributed by atoms with E-state index in [4.69, 9.17) is 23.2 Å². The number of nitrogens with two attached hydrogens (primary N) is 1. The second kappa shape index (κ2) is 8.61. The van der Waals surface area contributed by atoms with E-state index in [2.05, 4.69) is 5.32 Å². The Morgan fingerprint density at radius 2 is 1.80 bits per heavy atom. The normalized spacial score (nSPS) is 13.4. The molecule has 2 rings (SSSR count). The largest absolute Gasteiger partial charge is 0.345 e. The third-order valence-electron chi connectivity index (χ3n) is 3.92. The molecule has 0 aliphatic heterocycles. The lowest BCUT2D eigenvalue weighted by atomic mass is 10.1. The Bertz CT molecular complexity index is 771. The fourth-order valence-corrected chi connectivity index (χ4v) is 3.08. The first kappa shape index (κ1) is 19.6. The molecule has 25 heavy (non-hydrogen) atoms. The molecule has 3 N–H and O–H groups in total. The zero-order valence-electron chi connectivity index (χ0n) is 13.8. The first-order valence-corrected chi connectivity index (χ1v) is 8.56. The zero-order chi connectivity index (χ0) is 18.6. The molecule has 2 aromatic carbocycles. The van der Waals surface area contributed by atoms with E-state index in [9.17, 15) is 13.6 Å². The van der Waals surface area contributed by atoms with E-state index in [0.29, 0.717) is 15.6 Å². The molecule has 0 radical (unpaired) electrons. The van der Waals surface area contributed by atoms with Crippen molar-refractivity contribution in [3.8, 4) is 0 Å². The zero-order valence-corrected chi connectivity index (χ0v) is 15.3. The van der Waals surface area contributed by atoms with E-state index in [-0.39, 0.29) is 24.5 Å². The highest BCUT2D eigenvalue weighted by Gasteiger charge is 2.18. The fourth-order valence-electron chi connectivity index (χ4n) is 2.51. The minimum absolute atomic E-state index is 0.105. The number of benzene rings is 2. The Labute approximate surface area is 155 Å². The van der Waals surface area contributed by atoms with Gasteiger partial charge in [-0.2, -0.15) is 0 Å². The van der Waals surface area contributed by atoms with Crippen molar-refractivity contribution in [2.24, 2.45) is 0 Å². The minimum Gasteiger partial charge on any atom is -0.345 e. The summed E-state index contributed by atoms with van der Waals surface area (Å²) in [6.45, 7) is 3.67. The Balaban J connectivity index is 1.91. The van der Waals surface area contributed by atoms with Gasteiger partial charge in [-0.1, -0.05) is 29.3 Å². The maximum Gasteiger partial charge on any atom is 0.275 e. The van der Waals surface area contributed by atoms with Crippen LogP contribution < -0.4 is 10.6 Å². The summed E-state index contributed by atoms with van der Waals surface area (Å²) in [4.78, 5) is 12.1. The SMILES string of the molecule is C[C@H](NC(=O)C[NH2+][C@H](C)c1ccc(F)cc1F)c1ccc(Cl)cc1Cl. The van der Waals surface area contributed by atoms with Crippen molar-refractivity contribution < 1.29 is 18.9 Å². The average molecular weight is 388 g/mol. The van der Waals surface area contributed by atoms with Crippen LogP contribution in [-0.4, -0.2) is 12.5 Å². The van der Waals surface area contributed by atoms with Crippen LogP contribution in [0.25, 0.3) is 0 Å². The molecule has 0 aliphatic rings. The summed E-state index contributed by atoms with van der Waals surface area (Å²) in [5.74, 6) is -1.46. The van der Waals surface area contributed by atoms with Crippen molar-refractivity contribution in [3.63, 3.8) is 0 Å². The molecule has 0 unspecified atom stereocenters. The summed E-state index contributed by atoms with van der Waals surface area (Å²) in [6.07, 6.45) is 0. The monoisotopic (exact) mass is 387 g/mol. The lowest BCUT2D eigenvalue weighted by Crippen LogP contribution is -2.87. The molecule has 0 saturated carbocycles. The Morgan fingerprint density at radius 3 is 2.44 bits per heavy atom. The second-order valence-electron chi connectivity index (χ2n) is 5.85. The first-order valence-electron chi connectivity index (χ1n) is 7.80. The van der Waals surface area contributed by atoms with Crippen molar-refractivity contribution in [2.45, 2.75) is 25.9 Å². The van der Waals surface area contributed by atoms with E-state index in [1.807, 2.05) is 6.92 Å². The third kappa shape index (κ3) is 5.39. The van der Waals surface area contributed by atoms with E-state index in [1.54, 1.807) is 30.4 Å². The Morgan fingerprint density at radius 1 is 1.12 bits per heavy atom. The molecule has 3 nitrogen and oxygen atoms in total. The van der Waals surface area contributed by atoms with Crippen LogP contribution >= 0.6 is 23.2 Å². The van der Waals surface area contributed by atoms with Crippen LogP contribution in [0.1, 0.15) is 37.1 Å². The number of halogens is 4. The molecule has 7 heteroatoms. The number of hydrogen-bond acceptors (Lipinski definition) is 1. The van der Waals surface area contributed by atoms with E-state index >= 15 is 0 Å². The van der Waals surface area contributed by atoms with Crippen LogP contribution in [0.4, 0.5) is 8.78 Å². The van der Waals surface area contributed by atoms with Crippen LogP contribution in [0.2, 0.25) is 10.0 Å². The first-order chi connectivity index (χ1) is 11.8. The van der Waals surface area contributed by atoms with Gasteiger partial charge < -0.3 is 10.6 Å². The molecular formula is C18H19Cl2F2N2O+. The number of rotatable bonds is 6. The number of quaternary nitrogens is 1. The molecule has 0 saturated heterocycles. The fraction of sp³-hybridized carbons (Fsp3) is 0.278. The smallest absolute Gasteiger partial charge is 0.275 e. The minimum atomic E-state index is -0.625. The van der Waals surface area contributed by atoms with Gasteiger partial charge in [-0.3, -0.25) is 4.79 Å². The van der Waals surface area contributed by atoms with Gasteiger partial charge >= 0.3 is 0 Å². The van der Waals surface area contributed by atoms with Gasteiger partial charge in [0.2, 0.25) is 0 Å². The predicted octanol–water partition coefficient (Wildman–Crippen LogP) is 3.77. The average Bonchev–Trinajstić information content (AvgIpc) is 2.52. The standard InChI is InChI=1S/C18H18Cl2F2N2O/c1-10(15-6-4-13(21)8-17(15)22)23-9-18(25)24-11(2)14-5-3-12(19)7-16(14)20/h3-8,10-11,23H,9H2,1-2H3,(H,24,25)/p+1/t10-,11+/m1/s1. The topological polar surface area (TPSA) is 45.7 Å². The van der Waals surface area contributed by atoms with E-state index < -0.39 is 11.6 Å². The highest BCUT2D eigenvalue weighted by Crippen LogP contribution is 2.25. The van der Waals surface area contributed by atoms with Gasteiger partial charge in [0.1, 0.15) is 17.7 Å². The summed E-state index contributed by atoms with van der Waals surface area (Å²) in [7, 11) is 0. The van der Waals surface area contributed by atoms with Crippen LogP contribution in [0.3, 0.4) is 0 Å². The maximum atomic E-state index is 13.7. The molecule has 0 spiro atoms. The molecule has 0 aromatic heterocycles. The highest BCUT2D eigenvalue weighted by molar-refractivity contribution is 6.35. The van der Waals surface area contributed by atoms with Gasteiger partial charge in [-0.25, -0.2) is 8.78 Å². The Hall–Kier alpha value is -1.69. The molecule has 0 aliphatic carbocycles. The summed E-state index contributed by atoms with van der Waals surface area (Å²) < 4.78 is 26.7. The van der Waals surface area contributed by atoms with E-state index in [0.717, 1.165) is 11.6 Å². The summed E-state index contributed by atoms with van der Waals surface area (Å²) >= 11 is 12.0. The summed E-state index contributed by atoms with van der Waals surface area (Å²) in [6, 6.07) is 7.90. The maximum absolute atomic E-state index is 13.7. The van der Waals surface area contributed by atoms with E-state index in [1.165, 1.54) is 12.1 Å². The van der Waals surface area contributed by atoms with Gasteiger partial charge in [0.15, 0.2) is 6.54 Å². The summed E-state index contributed by atoms with van der Waals surface area (Å²) in [5.41, 5.74) is 1.11. The van der Waals surface area contributed by atoms with Crippen LogP contribution in [0, 0.1) is 11.6 Å². The lowest BCUT2D eigenvalue weighted by Gasteiger charge is -2.17. The lowest BCUT2D eigenvalue weighted by molar-refractivity contribution is -0.682. The quantitative estimate of drug-likeness (QED) is 0.778. The molecule has 0 fully saturated rings.